The second-order valence-electron chi connectivity index (χ2n) is 5.31. The van der Waals surface area contributed by atoms with Crippen LogP contribution in [0.25, 0.3) is 0 Å². The molecule has 1 aliphatic rings. The third-order valence-electron chi connectivity index (χ3n) is 3.85. The molecular formula is C15H19NO5S. The Hall–Kier alpha value is -1.89. The maximum absolute atomic E-state index is 12.3. The minimum Gasteiger partial charge on any atom is -0.480 e. The molecule has 1 atom stereocenters. The van der Waals surface area contributed by atoms with E-state index in [1.165, 1.54) is 17.0 Å². The fraction of sp³-hybridized carbons (Fsp3) is 0.467. The minimum absolute atomic E-state index is 0.00237. The summed E-state index contributed by atoms with van der Waals surface area (Å²) >= 11 is 0. The summed E-state index contributed by atoms with van der Waals surface area (Å²) in [4.78, 5) is 24.9. The molecule has 1 aliphatic heterocycles. The van der Waals surface area contributed by atoms with Crippen molar-refractivity contribution < 1.29 is 23.1 Å². The number of nitrogens with zero attached hydrogens (tertiary/aromatic N) is 1. The van der Waals surface area contributed by atoms with Crippen LogP contribution in [0.4, 0.5) is 0 Å². The Bertz CT molecular complexity index is 683. The Balaban J connectivity index is 2.16. The molecule has 0 unspecified atom stereocenters. The third kappa shape index (κ3) is 3.47. The van der Waals surface area contributed by atoms with Crippen molar-refractivity contribution in [1.82, 2.24) is 4.90 Å². The maximum atomic E-state index is 12.3. The lowest BCUT2D eigenvalue weighted by molar-refractivity contribution is -0.148. The number of likely N-dealkylation sites (tertiary alicyclic amines) is 1. The van der Waals surface area contributed by atoms with Gasteiger partial charge in [0.15, 0.2) is 9.84 Å². The predicted molar refractivity (Wildman–Crippen MR) is 80.2 cm³/mol. The highest BCUT2D eigenvalue weighted by atomic mass is 32.2. The van der Waals surface area contributed by atoms with Gasteiger partial charge in [-0.3, -0.25) is 4.79 Å². The maximum Gasteiger partial charge on any atom is 0.326 e. The summed E-state index contributed by atoms with van der Waals surface area (Å²) in [6.07, 6.45) is 1.15. The summed E-state index contributed by atoms with van der Waals surface area (Å²) in [7, 11) is -3.32. The number of aliphatic carboxylic acids is 1. The number of sulfone groups is 1. The van der Waals surface area contributed by atoms with E-state index >= 15 is 0 Å². The normalized spacial score (nSPS) is 18.4. The Morgan fingerprint density at radius 3 is 2.73 bits per heavy atom. The zero-order valence-corrected chi connectivity index (χ0v) is 13.2. The zero-order valence-electron chi connectivity index (χ0n) is 12.4. The fourth-order valence-corrected chi connectivity index (χ4v) is 3.56. The van der Waals surface area contributed by atoms with Crippen LogP contribution in [0.3, 0.4) is 0 Å². The van der Waals surface area contributed by atoms with Crippen molar-refractivity contribution in [1.29, 1.82) is 0 Å². The molecular weight excluding hydrogens is 306 g/mol. The molecule has 1 aromatic carbocycles. The van der Waals surface area contributed by atoms with Crippen molar-refractivity contribution in [3.8, 4) is 0 Å². The highest BCUT2D eigenvalue weighted by Crippen LogP contribution is 2.20. The minimum atomic E-state index is -3.32. The predicted octanol–water partition coefficient (Wildman–Crippen LogP) is 1.10. The van der Waals surface area contributed by atoms with E-state index in [0.29, 0.717) is 24.9 Å². The van der Waals surface area contributed by atoms with Crippen LogP contribution < -0.4 is 0 Å². The van der Waals surface area contributed by atoms with Crippen LogP contribution in [0, 0.1) is 0 Å². The summed E-state index contributed by atoms with van der Waals surface area (Å²) in [5, 5.41) is 9.11. The van der Waals surface area contributed by atoms with Gasteiger partial charge in [0, 0.05) is 6.54 Å². The van der Waals surface area contributed by atoms with Crippen LogP contribution in [0.2, 0.25) is 0 Å². The number of hydrogen-bond donors (Lipinski definition) is 1. The van der Waals surface area contributed by atoms with Crippen LogP contribution in [0.15, 0.2) is 29.2 Å². The third-order valence-corrected chi connectivity index (χ3v) is 5.58. The van der Waals surface area contributed by atoms with Gasteiger partial charge in [-0.1, -0.05) is 19.1 Å². The van der Waals surface area contributed by atoms with Gasteiger partial charge in [-0.2, -0.15) is 0 Å². The monoisotopic (exact) mass is 325 g/mol. The number of benzene rings is 1. The van der Waals surface area contributed by atoms with Crippen molar-refractivity contribution in [3.63, 3.8) is 0 Å². The molecule has 0 aliphatic carbocycles. The molecule has 1 N–H and O–H groups in total. The number of carbonyl (C=O) groups excluding carboxylic acids is 1. The molecule has 6 nitrogen and oxygen atoms in total. The lowest BCUT2D eigenvalue weighted by atomic mass is 10.1. The Morgan fingerprint density at radius 2 is 2.09 bits per heavy atom. The first-order valence-electron chi connectivity index (χ1n) is 7.19. The largest absolute Gasteiger partial charge is 0.480 e. The molecule has 1 aromatic rings. The summed E-state index contributed by atoms with van der Waals surface area (Å²) in [6, 6.07) is 5.50. The van der Waals surface area contributed by atoms with Crippen LogP contribution >= 0.6 is 0 Å². The molecule has 1 heterocycles. The van der Waals surface area contributed by atoms with E-state index < -0.39 is 21.8 Å². The van der Waals surface area contributed by atoms with Gasteiger partial charge in [0.1, 0.15) is 6.04 Å². The molecule has 0 aromatic heterocycles. The van der Waals surface area contributed by atoms with Crippen LogP contribution in [-0.2, 0) is 25.8 Å². The standard InChI is InChI=1S/C15H19NO5S/c1-2-22(20,21)12-6-3-5-11(9-12)10-14(17)16-8-4-7-13(16)15(18)19/h3,5-6,9,13H,2,4,7-8,10H2,1H3,(H,18,19)/t13-/m0/s1. The van der Waals surface area contributed by atoms with Gasteiger partial charge in [0.2, 0.25) is 5.91 Å². The van der Waals surface area contributed by atoms with Crippen LogP contribution in [-0.4, -0.2) is 48.6 Å². The number of carboxylic acid groups (broad SMARTS) is 1. The average Bonchev–Trinajstić information content (AvgIpc) is 2.97. The van der Waals surface area contributed by atoms with E-state index in [9.17, 15) is 18.0 Å². The van der Waals surface area contributed by atoms with Gasteiger partial charge in [-0.05, 0) is 30.5 Å². The second-order valence-corrected chi connectivity index (χ2v) is 7.59. The first kappa shape index (κ1) is 16.5. The van der Waals surface area contributed by atoms with Crippen LogP contribution in [0.1, 0.15) is 25.3 Å². The van der Waals surface area contributed by atoms with E-state index in [0.717, 1.165) is 0 Å². The molecule has 120 valence electrons. The summed E-state index contributed by atoms with van der Waals surface area (Å²) in [5.41, 5.74) is 0.579. The molecule has 2 rings (SSSR count). The molecule has 0 bridgehead atoms. The van der Waals surface area contributed by atoms with Gasteiger partial charge >= 0.3 is 5.97 Å². The van der Waals surface area contributed by atoms with Gasteiger partial charge < -0.3 is 10.0 Å². The van der Waals surface area contributed by atoms with Crippen molar-refractivity contribution in [2.24, 2.45) is 0 Å². The Morgan fingerprint density at radius 1 is 1.36 bits per heavy atom. The fourth-order valence-electron chi connectivity index (χ4n) is 2.61. The highest BCUT2D eigenvalue weighted by molar-refractivity contribution is 7.91. The number of hydrogen-bond acceptors (Lipinski definition) is 4. The number of amides is 1. The smallest absolute Gasteiger partial charge is 0.326 e. The molecule has 0 radical (unpaired) electrons. The molecule has 0 saturated carbocycles. The quantitative estimate of drug-likeness (QED) is 0.875. The van der Waals surface area contributed by atoms with E-state index in [4.69, 9.17) is 5.11 Å². The Labute approximate surface area is 129 Å². The topological polar surface area (TPSA) is 91.8 Å². The van der Waals surface area contributed by atoms with Crippen molar-refractivity contribution >= 4 is 21.7 Å². The zero-order chi connectivity index (χ0) is 16.3. The van der Waals surface area contributed by atoms with Crippen molar-refractivity contribution in [2.75, 3.05) is 12.3 Å². The molecule has 7 heteroatoms. The van der Waals surface area contributed by atoms with Gasteiger partial charge in [0.05, 0.1) is 17.1 Å². The van der Waals surface area contributed by atoms with Gasteiger partial charge in [-0.25, -0.2) is 13.2 Å². The first-order valence-corrected chi connectivity index (χ1v) is 8.84. The van der Waals surface area contributed by atoms with Crippen LogP contribution in [0.5, 0.6) is 0 Å². The first-order chi connectivity index (χ1) is 10.3. The second kappa shape index (κ2) is 6.48. The van der Waals surface area contributed by atoms with Gasteiger partial charge in [-0.15, -0.1) is 0 Å². The molecule has 22 heavy (non-hydrogen) atoms. The highest BCUT2D eigenvalue weighted by Gasteiger charge is 2.33. The van der Waals surface area contributed by atoms with Crippen molar-refractivity contribution in [3.05, 3.63) is 29.8 Å². The van der Waals surface area contributed by atoms with E-state index in [1.54, 1.807) is 19.1 Å². The number of carbonyl (C=O) groups is 2. The lowest BCUT2D eigenvalue weighted by Crippen LogP contribution is -2.41. The summed E-state index contributed by atoms with van der Waals surface area (Å²) in [6.45, 7) is 2.00. The Kier molecular flexibility index (Phi) is 4.85. The lowest BCUT2D eigenvalue weighted by Gasteiger charge is -2.21. The SMILES string of the molecule is CCS(=O)(=O)c1cccc(CC(=O)N2CCC[C@H]2C(=O)O)c1. The van der Waals surface area contributed by atoms with E-state index in [-0.39, 0.29) is 23.0 Å². The van der Waals surface area contributed by atoms with E-state index in [2.05, 4.69) is 0 Å². The van der Waals surface area contributed by atoms with Crippen molar-refractivity contribution in [2.45, 2.75) is 37.1 Å². The number of carboxylic acids is 1. The van der Waals surface area contributed by atoms with E-state index in [1.807, 2.05) is 0 Å². The molecule has 1 amide bonds. The summed E-state index contributed by atoms with van der Waals surface area (Å²) in [5.74, 6) is -1.28. The molecule has 0 spiro atoms. The average molecular weight is 325 g/mol. The van der Waals surface area contributed by atoms with Gasteiger partial charge in [0.25, 0.3) is 0 Å². The molecule has 1 saturated heterocycles. The summed E-state index contributed by atoms with van der Waals surface area (Å²) < 4.78 is 23.7. The molecule has 1 fully saturated rings. The number of rotatable bonds is 5.